The van der Waals surface area contributed by atoms with Crippen LogP contribution in [0.3, 0.4) is 0 Å². The maximum Gasteiger partial charge on any atom is 0.277 e. The van der Waals surface area contributed by atoms with Crippen LogP contribution in [0.2, 0.25) is 0 Å². The number of amides is 1. The summed E-state index contributed by atoms with van der Waals surface area (Å²) in [4.78, 5) is 33.9. The molecule has 0 saturated carbocycles. The van der Waals surface area contributed by atoms with Crippen LogP contribution in [0.25, 0.3) is 0 Å². The van der Waals surface area contributed by atoms with Crippen LogP contribution in [0.15, 0.2) is 30.7 Å². The fraction of sp³-hybridized carbons (Fsp3) is 0.0833. The second-order valence-electron chi connectivity index (χ2n) is 3.72. The van der Waals surface area contributed by atoms with Crippen molar-refractivity contribution in [3.8, 4) is 0 Å². The van der Waals surface area contributed by atoms with E-state index < -0.39 is 17.6 Å². The van der Waals surface area contributed by atoms with Gasteiger partial charge in [-0.2, -0.15) is 0 Å². The molecule has 0 fully saturated rings. The van der Waals surface area contributed by atoms with Gasteiger partial charge in [0.25, 0.3) is 5.91 Å². The summed E-state index contributed by atoms with van der Waals surface area (Å²) in [6, 6.07) is 3.36. The molecule has 0 radical (unpaired) electrons. The molecule has 0 spiro atoms. The van der Waals surface area contributed by atoms with E-state index in [9.17, 15) is 14.7 Å². The van der Waals surface area contributed by atoms with Crippen LogP contribution in [0.4, 0.5) is 5.82 Å². The van der Waals surface area contributed by atoms with E-state index in [4.69, 9.17) is 0 Å². The van der Waals surface area contributed by atoms with E-state index in [1.807, 2.05) is 6.92 Å². The molecule has 7 nitrogen and oxygen atoms in total. The molecule has 0 aliphatic heterocycles. The first kappa shape index (κ1) is 12.6. The van der Waals surface area contributed by atoms with Gasteiger partial charge >= 0.3 is 0 Å². The molecule has 0 unspecified atom stereocenters. The van der Waals surface area contributed by atoms with Gasteiger partial charge in [-0.05, 0) is 18.6 Å². The Morgan fingerprint density at radius 2 is 1.79 bits per heavy atom. The van der Waals surface area contributed by atoms with Crippen LogP contribution in [0.1, 0.15) is 26.5 Å². The summed E-state index contributed by atoms with van der Waals surface area (Å²) in [6.07, 6.45) is 3.97. The number of rotatable bonds is 3. The van der Waals surface area contributed by atoms with Gasteiger partial charge in [-0.25, -0.2) is 9.97 Å². The molecular formula is C12H9N4O3-. The fourth-order valence-corrected chi connectivity index (χ4v) is 1.37. The molecule has 0 aliphatic carbocycles. The van der Waals surface area contributed by atoms with Crippen LogP contribution >= 0.6 is 0 Å². The van der Waals surface area contributed by atoms with E-state index in [2.05, 4.69) is 20.3 Å². The Bertz CT molecular complexity index is 625. The number of pyridine rings is 1. The second-order valence-corrected chi connectivity index (χ2v) is 3.72. The van der Waals surface area contributed by atoms with Gasteiger partial charge in [-0.15, -0.1) is 0 Å². The smallest absolute Gasteiger partial charge is 0.277 e. The molecule has 19 heavy (non-hydrogen) atoms. The molecule has 0 saturated heterocycles. The number of hydrogen-bond donors (Lipinski definition) is 1. The summed E-state index contributed by atoms with van der Waals surface area (Å²) in [5, 5.41) is 13.3. The minimum absolute atomic E-state index is 0.297. The van der Waals surface area contributed by atoms with Crippen LogP contribution in [-0.4, -0.2) is 26.8 Å². The highest BCUT2D eigenvalue weighted by molar-refractivity contribution is 6.07. The number of carboxylic acids is 1. The third-order valence-electron chi connectivity index (χ3n) is 2.26. The predicted octanol–water partition coefficient (Wildman–Crippen LogP) is -0.204. The van der Waals surface area contributed by atoms with Crippen molar-refractivity contribution in [2.45, 2.75) is 6.92 Å². The highest BCUT2D eigenvalue weighted by Gasteiger charge is 2.15. The van der Waals surface area contributed by atoms with Gasteiger partial charge in [-0.1, -0.05) is 6.07 Å². The van der Waals surface area contributed by atoms with Crippen molar-refractivity contribution < 1.29 is 14.7 Å². The van der Waals surface area contributed by atoms with E-state index in [0.717, 1.165) is 5.56 Å². The lowest BCUT2D eigenvalue weighted by Gasteiger charge is -2.08. The van der Waals surface area contributed by atoms with Crippen molar-refractivity contribution in [1.82, 2.24) is 15.0 Å². The molecule has 1 N–H and O–H groups in total. The van der Waals surface area contributed by atoms with Crippen molar-refractivity contribution in [2.24, 2.45) is 0 Å². The Labute approximate surface area is 108 Å². The molecule has 0 aliphatic rings. The van der Waals surface area contributed by atoms with Crippen molar-refractivity contribution in [2.75, 3.05) is 5.32 Å². The van der Waals surface area contributed by atoms with Gasteiger partial charge in [0, 0.05) is 18.6 Å². The van der Waals surface area contributed by atoms with E-state index in [1.165, 1.54) is 12.4 Å². The number of hydrogen-bond acceptors (Lipinski definition) is 6. The largest absolute Gasteiger partial charge is 0.543 e. The van der Waals surface area contributed by atoms with Crippen molar-refractivity contribution in [3.63, 3.8) is 0 Å². The first-order valence-corrected chi connectivity index (χ1v) is 5.34. The maximum atomic E-state index is 11.9. The highest BCUT2D eigenvalue weighted by atomic mass is 16.4. The lowest BCUT2D eigenvalue weighted by atomic mass is 10.2. The molecule has 7 heteroatoms. The molecule has 0 aromatic carbocycles. The quantitative estimate of drug-likeness (QED) is 0.815. The summed E-state index contributed by atoms with van der Waals surface area (Å²) in [6.45, 7) is 1.86. The summed E-state index contributed by atoms with van der Waals surface area (Å²) in [5.74, 6) is -1.97. The van der Waals surface area contributed by atoms with Crippen LogP contribution in [0, 0.1) is 6.92 Å². The van der Waals surface area contributed by atoms with Gasteiger partial charge in [0.1, 0.15) is 11.5 Å². The van der Waals surface area contributed by atoms with Gasteiger partial charge < -0.3 is 15.2 Å². The maximum absolute atomic E-state index is 11.9. The zero-order chi connectivity index (χ0) is 13.8. The third kappa shape index (κ3) is 2.89. The standard InChI is InChI=1S/C12H10N4O3/c1-7-2-3-8(15-6-7)16-11(17)9-10(12(18)19)14-5-4-13-9/h2-6H,1H3,(H,18,19)(H,15,16,17)/p-1. The van der Waals surface area contributed by atoms with E-state index in [-0.39, 0.29) is 5.69 Å². The van der Waals surface area contributed by atoms with E-state index in [1.54, 1.807) is 18.3 Å². The molecule has 1 amide bonds. The average molecular weight is 257 g/mol. The number of carbonyl (C=O) groups is 2. The fourth-order valence-electron chi connectivity index (χ4n) is 1.37. The van der Waals surface area contributed by atoms with E-state index >= 15 is 0 Å². The van der Waals surface area contributed by atoms with Gasteiger partial charge in [0.15, 0.2) is 5.69 Å². The summed E-state index contributed by atoms with van der Waals surface area (Å²) in [5.41, 5.74) is 0.116. The molecular weight excluding hydrogens is 248 g/mol. The molecule has 0 atom stereocenters. The molecule has 2 aromatic rings. The molecule has 2 rings (SSSR count). The minimum Gasteiger partial charge on any atom is -0.543 e. The lowest BCUT2D eigenvalue weighted by molar-refractivity contribution is -0.255. The van der Waals surface area contributed by atoms with Crippen molar-refractivity contribution in [1.29, 1.82) is 0 Å². The van der Waals surface area contributed by atoms with Crippen LogP contribution in [-0.2, 0) is 0 Å². The van der Waals surface area contributed by atoms with Crippen LogP contribution < -0.4 is 10.4 Å². The molecule has 0 bridgehead atoms. The number of nitrogens with one attached hydrogen (secondary N) is 1. The summed E-state index contributed by atoms with van der Waals surface area (Å²) in [7, 11) is 0. The summed E-state index contributed by atoms with van der Waals surface area (Å²) < 4.78 is 0. The number of aromatic carboxylic acids is 1. The predicted molar refractivity (Wildman–Crippen MR) is 63.3 cm³/mol. The number of aromatic nitrogens is 3. The Morgan fingerprint density at radius 3 is 2.37 bits per heavy atom. The average Bonchev–Trinajstić information content (AvgIpc) is 2.41. The van der Waals surface area contributed by atoms with Crippen molar-refractivity contribution in [3.05, 3.63) is 47.7 Å². The zero-order valence-electron chi connectivity index (χ0n) is 9.95. The SMILES string of the molecule is Cc1ccc(NC(=O)c2nccnc2C(=O)[O-])nc1. The Hall–Kier alpha value is -2.83. The highest BCUT2D eigenvalue weighted by Crippen LogP contribution is 2.07. The molecule has 2 aromatic heterocycles. The first-order chi connectivity index (χ1) is 9.08. The zero-order valence-corrected chi connectivity index (χ0v) is 9.95. The van der Waals surface area contributed by atoms with E-state index in [0.29, 0.717) is 5.82 Å². The lowest BCUT2D eigenvalue weighted by Crippen LogP contribution is -2.28. The number of carbonyl (C=O) groups excluding carboxylic acids is 2. The van der Waals surface area contributed by atoms with Crippen molar-refractivity contribution >= 4 is 17.7 Å². The Kier molecular flexibility index (Phi) is 3.46. The summed E-state index contributed by atoms with van der Waals surface area (Å²) >= 11 is 0. The Morgan fingerprint density at radius 1 is 1.11 bits per heavy atom. The van der Waals surface area contributed by atoms with Gasteiger partial charge in [0.05, 0.1) is 5.97 Å². The number of nitrogens with zero attached hydrogens (tertiary/aromatic N) is 3. The number of anilines is 1. The minimum atomic E-state index is -1.56. The topological polar surface area (TPSA) is 108 Å². The Balaban J connectivity index is 2.25. The van der Waals surface area contributed by atoms with Gasteiger partial charge in [-0.3, -0.25) is 9.78 Å². The third-order valence-corrected chi connectivity index (χ3v) is 2.26. The number of aryl methyl sites for hydroxylation is 1. The molecule has 96 valence electrons. The first-order valence-electron chi connectivity index (χ1n) is 5.34. The molecule has 2 heterocycles. The normalized spacial score (nSPS) is 9.95. The van der Waals surface area contributed by atoms with Crippen LogP contribution in [0.5, 0.6) is 0 Å². The second kappa shape index (κ2) is 5.21. The van der Waals surface area contributed by atoms with Gasteiger partial charge in [0.2, 0.25) is 0 Å². The number of carboxylic acid groups (broad SMARTS) is 1. The monoisotopic (exact) mass is 257 g/mol.